The Morgan fingerprint density at radius 3 is 2.67 bits per heavy atom. The van der Waals surface area contributed by atoms with Crippen LogP contribution < -0.4 is 11.1 Å². The summed E-state index contributed by atoms with van der Waals surface area (Å²) in [5.74, 6) is -2.78. The summed E-state index contributed by atoms with van der Waals surface area (Å²) in [5.41, 5.74) is 5.92. The van der Waals surface area contributed by atoms with Crippen molar-refractivity contribution in [2.45, 2.75) is 6.92 Å². The quantitative estimate of drug-likeness (QED) is 0.858. The summed E-state index contributed by atoms with van der Waals surface area (Å²) in [7, 11) is 0. The fourth-order valence-electron chi connectivity index (χ4n) is 1.43. The number of nitrogens with one attached hydrogen (secondary N) is 1. The summed E-state index contributed by atoms with van der Waals surface area (Å²) in [6, 6.07) is 3.01. The lowest BCUT2D eigenvalue weighted by atomic mass is 10.2. The standard InChI is InChI=1S/C11H9F2N3O2/c1-5-9(10(14)18-16-5)11(17)15-6-2-3-7(12)8(13)4-6/h2-4H,14H2,1H3,(H,15,17). The number of halogens is 2. The average Bonchev–Trinajstić information content (AvgIpc) is 2.64. The molecule has 1 heterocycles. The zero-order chi connectivity index (χ0) is 13.3. The van der Waals surface area contributed by atoms with Crippen LogP contribution in [-0.4, -0.2) is 11.1 Å². The van der Waals surface area contributed by atoms with Gasteiger partial charge in [0.05, 0.1) is 5.69 Å². The highest BCUT2D eigenvalue weighted by atomic mass is 19.2. The molecule has 5 nitrogen and oxygen atoms in total. The van der Waals surface area contributed by atoms with Gasteiger partial charge in [0, 0.05) is 11.8 Å². The monoisotopic (exact) mass is 253 g/mol. The highest BCUT2D eigenvalue weighted by Gasteiger charge is 2.18. The molecule has 0 aliphatic carbocycles. The minimum atomic E-state index is -1.05. The summed E-state index contributed by atoms with van der Waals surface area (Å²) < 4.78 is 30.3. The molecule has 1 aromatic carbocycles. The Hall–Kier alpha value is -2.44. The summed E-state index contributed by atoms with van der Waals surface area (Å²) >= 11 is 0. The van der Waals surface area contributed by atoms with Crippen LogP contribution >= 0.6 is 0 Å². The summed E-state index contributed by atoms with van der Waals surface area (Å²) in [5, 5.41) is 5.88. The van der Waals surface area contributed by atoms with Gasteiger partial charge in [-0.05, 0) is 19.1 Å². The third-order valence-electron chi connectivity index (χ3n) is 2.29. The molecular weight excluding hydrogens is 244 g/mol. The van der Waals surface area contributed by atoms with Gasteiger partial charge in [0.1, 0.15) is 5.56 Å². The zero-order valence-electron chi connectivity index (χ0n) is 9.33. The van der Waals surface area contributed by atoms with Crippen molar-refractivity contribution in [2.24, 2.45) is 0 Å². The first kappa shape index (κ1) is 12.0. The Morgan fingerprint density at radius 2 is 2.11 bits per heavy atom. The van der Waals surface area contributed by atoms with E-state index in [1.807, 2.05) is 0 Å². The smallest absolute Gasteiger partial charge is 0.263 e. The molecule has 2 aromatic rings. The van der Waals surface area contributed by atoms with Crippen molar-refractivity contribution in [2.75, 3.05) is 11.1 Å². The molecule has 3 N–H and O–H groups in total. The highest BCUT2D eigenvalue weighted by molar-refractivity contribution is 6.07. The predicted octanol–water partition coefficient (Wildman–Crippen LogP) is 2.10. The maximum absolute atomic E-state index is 12.9. The van der Waals surface area contributed by atoms with Crippen molar-refractivity contribution in [3.05, 3.63) is 41.1 Å². The molecule has 94 valence electrons. The molecule has 7 heteroatoms. The number of anilines is 2. The van der Waals surface area contributed by atoms with Gasteiger partial charge in [-0.2, -0.15) is 0 Å². The number of carbonyl (C=O) groups excluding carboxylic acids is 1. The van der Waals surface area contributed by atoms with Crippen LogP contribution in [0.3, 0.4) is 0 Å². The number of aromatic nitrogens is 1. The van der Waals surface area contributed by atoms with E-state index in [0.717, 1.165) is 12.1 Å². The molecule has 0 bridgehead atoms. The molecule has 1 amide bonds. The predicted molar refractivity (Wildman–Crippen MR) is 60.0 cm³/mol. The molecule has 0 saturated heterocycles. The molecule has 0 aliphatic rings. The van der Waals surface area contributed by atoms with Crippen LogP contribution in [0.4, 0.5) is 20.4 Å². The van der Waals surface area contributed by atoms with Crippen molar-refractivity contribution in [1.29, 1.82) is 0 Å². The molecule has 1 aromatic heterocycles. The van der Waals surface area contributed by atoms with Gasteiger partial charge in [-0.3, -0.25) is 4.79 Å². The Balaban J connectivity index is 2.24. The number of aryl methyl sites for hydroxylation is 1. The number of nitrogens with two attached hydrogens (primary N) is 1. The van der Waals surface area contributed by atoms with Crippen LogP contribution in [0.5, 0.6) is 0 Å². The zero-order valence-corrected chi connectivity index (χ0v) is 9.33. The number of hydrogen-bond donors (Lipinski definition) is 2. The number of benzene rings is 1. The van der Waals surface area contributed by atoms with Gasteiger partial charge in [-0.1, -0.05) is 5.16 Å². The molecule has 2 rings (SSSR count). The number of carbonyl (C=O) groups is 1. The maximum Gasteiger partial charge on any atom is 0.263 e. The van der Waals surface area contributed by atoms with Crippen molar-refractivity contribution in [3.8, 4) is 0 Å². The molecule has 0 atom stereocenters. The summed E-state index contributed by atoms with van der Waals surface area (Å²) in [6.45, 7) is 1.54. The van der Waals surface area contributed by atoms with Gasteiger partial charge in [0.25, 0.3) is 5.91 Å². The van der Waals surface area contributed by atoms with E-state index in [1.165, 1.54) is 6.07 Å². The number of hydrogen-bond acceptors (Lipinski definition) is 4. The lowest BCUT2D eigenvalue weighted by molar-refractivity contribution is 0.102. The summed E-state index contributed by atoms with van der Waals surface area (Å²) in [4.78, 5) is 11.8. The minimum Gasteiger partial charge on any atom is -0.367 e. The largest absolute Gasteiger partial charge is 0.367 e. The van der Waals surface area contributed by atoms with Crippen LogP contribution in [0, 0.1) is 18.6 Å². The first-order chi connectivity index (χ1) is 8.49. The number of amides is 1. The van der Waals surface area contributed by atoms with Crippen LogP contribution in [0.25, 0.3) is 0 Å². The van der Waals surface area contributed by atoms with Gasteiger partial charge in [0.15, 0.2) is 11.6 Å². The number of rotatable bonds is 2. The first-order valence-electron chi connectivity index (χ1n) is 4.97. The Morgan fingerprint density at radius 1 is 1.39 bits per heavy atom. The molecular formula is C11H9F2N3O2. The molecule has 0 fully saturated rings. The van der Waals surface area contributed by atoms with E-state index >= 15 is 0 Å². The van der Waals surface area contributed by atoms with Gasteiger partial charge in [-0.25, -0.2) is 8.78 Å². The van der Waals surface area contributed by atoms with Gasteiger partial charge < -0.3 is 15.6 Å². The van der Waals surface area contributed by atoms with E-state index in [9.17, 15) is 13.6 Å². The molecule has 0 aliphatic heterocycles. The van der Waals surface area contributed by atoms with Crippen LogP contribution in [-0.2, 0) is 0 Å². The number of nitrogens with zero attached hydrogens (tertiary/aromatic N) is 1. The van der Waals surface area contributed by atoms with E-state index in [2.05, 4.69) is 15.0 Å². The Labute approximate surface area is 101 Å². The minimum absolute atomic E-state index is 0.0692. The third-order valence-corrected chi connectivity index (χ3v) is 2.29. The lowest BCUT2D eigenvalue weighted by Gasteiger charge is -2.04. The van der Waals surface area contributed by atoms with Gasteiger partial charge >= 0.3 is 0 Å². The fourth-order valence-corrected chi connectivity index (χ4v) is 1.43. The van der Waals surface area contributed by atoms with Crippen molar-refractivity contribution in [3.63, 3.8) is 0 Å². The number of nitrogen functional groups attached to an aromatic ring is 1. The van der Waals surface area contributed by atoms with Crippen LogP contribution in [0.15, 0.2) is 22.7 Å². The Bertz CT molecular complexity index is 591. The highest BCUT2D eigenvalue weighted by Crippen LogP contribution is 2.19. The lowest BCUT2D eigenvalue weighted by Crippen LogP contribution is -2.14. The van der Waals surface area contributed by atoms with Crippen molar-refractivity contribution >= 4 is 17.5 Å². The molecule has 0 spiro atoms. The molecule has 0 saturated carbocycles. The van der Waals surface area contributed by atoms with Gasteiger partial charge in [0.2, 0.25) is 5.88 Å². The molecule has 0 radical (unpaired) electrons. The van der Waals surface area contributed by atoms with Crippen molar-refractivity contribution in [1.82, 2.24) is 5.16 Å². The second-order valence-electron chi connectivity index (χ2n) is 3.59. The van der Waals surface area contributed by atoms with E-state index < -0.39 is 17.5 Å². The normalized spacial score (nSPS) is 10.4. The second-order valence-corrected chi connectivity index (χ2v) is 3.59. The topological polar surface area (TPSA) is 81.2 Å². The first-order valence-corrected chi connectivity index (χ1v) is 4.97. The SMILES string of the molecule is Cc1noc(N)c1C(=O)Nc1ccc(F)c(F)c1. The second kappa shape index (κ2) is 4.44. The van der Waals surface area contributed by atoms with Gasteiger partial charge in [-0.15, -0.1) is 0 Å². The van der Waals surface area contributed by atoms with Crippen LogP contribution in [0.1, 0.15) is 16.1 Å². The molecule has 18 heavy (non-hydrogen) atoms. The molecule has 0 unspecified atom stereocenters. The van der Waals surface area contributed by atoms with E-state index in [-0.39, 0.29) is 17.1 Å². The Kier molecular flexibility index (Phi) is 2.97. The van der Waals surface area contributed by atoms with Crippen molar-refractivity contribution < 1.29 is 18.1 Å². The maximum atomic E-state index is 12.9. The fraction of sp³-hybridized carbons (Fsp3) is 0.0909. The third kappa shape index (κ3) is 2.15. The summed E-state index contributed by atoms with van der Waals surface area (Å²) in [6.07, 6.45) is 0. The van der Waals surface area contributed by atoms with E-state index in [4.69, 9.17) is 5.73 Å². The van der Waals surface area contributed by atoms with E-state index in [1.54, 1.807) is 6.92 Å². The average molecular weight is 253 g/mol. The van der Waals surface area contributed by atoms with E-state index in [0.29, 0.717) is 5.69 Å². The van der Waals surface area contributed by atoms with Crippen LogP contribution in [0.2, 0.25) is 0 Å².